The maximum Gasteiger partial charge on any atom is 0.337 e. The highest BCUT2D eigenvalue weighted by Gasteiger charge is 2.36. The number of benzene rings is 2. The van der Waals surface area contributed by atoms with E-state index in [4.69, 9.17) is 16.3 Å². The highest BCUT2D eigenvalue weighted by atomic mass is 35.5. The Morgan fingerprint density at radius 1 is 1.06 bits per heavy atom. The van der Waals surface area contributed by atoms with Crippen LogP contribution >= 0.6 is 23.4 Å². The molecule has 0 radical (unpaired) electrons. The van der Waals surface area contributed by atoms with Gasteiger partial charge in [0.1, 0.15) is 5.75 Å². The Kier molecular flexibility index (Phi) is 6.05. The Hall–Kier alpha value is -3.49. The Bertz CT molecular complexity index is 1330. The third-order valence-electron chi connectivity index (χ3n) is 5.32. The highest BCUT2D eigenvalue weighted by molar-refractivity contribution is 8.19. The summed E-state index contributed by atoms with van der Waals surface area (Å²) in [5.74, 6) is -0.890. The van der Waals surface area contributed by atoms with Crippen molar-refractivity contribution in [3.63, 3.8) is 0 Å². The van der Waals surface area contributed by atoms with E-state index >= 15 is 0 Å². The molecule has 0 spiro atoms. The molecule has 0 bridgehead atoms. The first-order valence-corrected chi connectivity index (χ1v) is 11.0. The second kappa shape index (κ2) is 8.80. The Morgan fingerprint density at radius 2 is 1.73 bits per heavy atom. The van der Waals surface area contributed by atoms with Crippen molar-refractivity contribution in [2.45, 2.75) is 13.8 Å². The van der Waals surface area contributed by atoms with Crippen LogP contribution in [0.4, 0.5) is 10.5 Å². The summed E-state index contributed by atoms with van der Waals surface area (Å²) < 4.78 is 7.01. The number of aromatic carboxylic acids is 1. The van der Waals surface area contributed by atoms with E-state index < -0.39 is 11.9 Å². The van der Waals surface area contributed by atoms with E-state index in [0.29, 0.717) is 22.0 Å². The molecule has 2 aromatic carbocycles. The van der Waals surface area contributed by atoms with Crippen molar-refractivity contribution < 1.29 is 24.2 Å². The van der Waals surface area contributed by atoms with E-state index in [2.05, 4.69) is 0 Å². The number of halogens is 1. The summed E-state index contributed by atoms with van der Waals surface area (Å²) >= 11 is 6.88. The lowest BCUT2D eigenvalue weighted by Crippen LogP contribution is -2.27. The van der Waals surface area contributed by atoms with E-state index in [9.17, 15) is 19.5 Å². The molecule has 1 aliphatic rings. The van der Waals surface area contributed by atoms with E-state index in [1.165, 1.54) is 6.07 Å². The van der Waals surface area contributed by atoms with E-state index in [1.807, 2.05) is 24.5 Å². The van der Waals surface area contributed by atoms with Gasteiger partial charge in [0, 0.05) is 17.1 Å². The van der Waals surface area contributed by atoms with Gasteiger partial charge >= 0.3 is 5.97 Å². The van der Waals surface area contributed by atoms with Crippen LogP contribution in [0.3, 0.4) is 0 Å². The average Bonchev–Trinajstić information content (AvgIpc) is 3.22. The van der Waals surface area contributed by atoms with Crippen molar-refractivity contribution in [2.24, 2.45) is 0 Å². The molecule has 4 rings (SSSR count). The van der Waals surface area contributed by atoms with Crippen LogP contribution in [0, 0.1) is 13.8 Å². The predicted octanol–water partition coefficient (Wildman–Crippen LogP) is 5.70. The number of ether oxygens (including phenoxy) is 1. The summed E-state index contributed by atoms with van der Waals surface area (Å²) in [5.41, 5.74) is 3.49. The lowest BCUT2D eigenvalue weighted by atomic mass is 10.2. The van der Waals surface area contributed by atoms with Gasteiger partial charge in [-0.15, -0.1) is 0 Å². The van der Waals surface area contributed by atoms with Crippen molar-refractivity contribution in [3.8, 4) is 11.4 Å². The minimum atomic E-state index is -1.11. The zero-order valence-corrected chi connectivity index (χ0v) is 19.5. The van der Waals surface area contributed by atoms with Gasteiger partial charge in [-0.1, -0.05) is 11.6 Å². The first-order chi connectivity index (χ1) is 15.7. The third kappa shape index (κ3) is 4.15. The number of amides is 2. The van der Waals surface area contributed by atoms with Crippen LogP contribution in [-0.4, -0.2) is 33.9 Å². The number of hydrogen-bond donors (Lipinski definition) is 1. The van der Waals surface area contributed by atoms with Gasteiger partial charge in [0.25, 0.3) is 11.1 Å². The number of aryl methyl sites for hydroxylation is 1. The molecule has 0 unspecified atom stereocenters. The molecule has 0 saturated carbocycles. The molecule has 1 aromatic heterocycles. The summed E-state index contributed by atoms with van der Waals surface area (Å²) in [6.07, 6.45) is 1.68. The Balaban J connectivity index is 1.69. The van der Waals surface area contributed by atoms with Gasteiger partial charge in [-0.3, -0.25) is 9.59 Å². The van der Waals surface area contributed by atoms with E-state index in [0.717, 1.165) is 33.6 Å². The molecule has 2 amide bonds. The average molecular weight is 483 g/mol. The van der Waals surface area contributed by atoms with Crippen molar-refractivity contribution >= 4 is 52.2 Å². The third-order valence-corrected chi connectivity index (χ3v) is 6.52. The first-order valence-electron chi connectivity index (χ1n) is 9.85. The topological polar surface area (TPSA) is 88.8 Å². The minimum absolute atomic E-state index is 0.00354. The van der Waals surface area contributed by atoms with Gasteiger partial charge < -0.3 is 14.4 Å². The van der Waals surface area contributed by atoms with E-state index in [1.54, 1.807) is 49.6 Å². The molecule has 2 heterocycles. The Morgan fingerprint density at radius 3 is 2.36 bits per heavy atom. The number of carbonyl (C=O) groups excluding carboxylic acids is 2. The molecule has 0 atom stereocenters. The molecule has 33 heavy (non-hydrogen) atoms. The van der Waals surface area contributed by atoms with Gasteiger partial charge in [-0.05, 0) is 85.8 Å². The molecule has 9 heteroatoms. The number of carbonyl (C=O) groups is 3. The van der Waals surface area contributed by atoms with Gasteiger partial charge in [0.2, 0.25) is 0 Å². The highest BCUT2D eigenvalue weighted by Crippen LogP contribution is 2.37. The molecule has 1 N–H and O–H groups in total. The summed E-state index contributed by atoms with van der Waals surface area (Å²) in [4.78, 5) is 38.5. The van der Waals surface area contributed by atoms with E-state index in [-0.39, 0.29) is 15.8 Å². The number of aromatic nitrogens is 1. The van der Waals surface area contributed by atoms with Gasteiger partial charge in [0.05, 0.1) is 28.3 Å². The number of thioether (sulfide) groups is 1. The summed E-state index contributed by atoms with van der Waals surface area (Å²) in [5, 5.41) is 9.16. The van der Waals surface area contributed by atoms with Crippen molar-refractivity contribution in [1.29, 1.82) is 0 Å². The molecule has 3 aromatic rings. The largest absolute Gasteiger partial charge is 0.497 e. The van der Waals surface area contributed by atoms with Gasteiger partial charge in [0.15, 0.2) is 0 Å². The van der Waals surface area contributed by atoms with Crippen LogP contribution in [0.25, 0.3) is 11.8 Å². The number of carboxylic acid groups (broad SMARTS) is 1. The predicted molar refractivity (Wildman–Crippen MR) is 129 cm³/mol. The van der Waals surface area contributed by atoms with Crippen LogP contribution in [0.5, 0.6) is 5.75 Å². The summed E-state index contributed by atoms with van der Waals surface area (Å²) in [6.45, 7) is 3.74. The molecule has 1 saturated heterocycles. The smallest absolute Gasteiger partial charge is 0.337 e. The molecule has 168 valence electrons. The van der Waals surface area contributed by atoms with Gasteiger partial charge in [-0.2, -0.15) is 0 Å². The zero-order valence-electron chi connectivity index (χ0n) is 18.0. The number of imide groups is 1. The maximum absolute atomic E-state index is 13.0. The van der Waals surface area contributed by atoms with Crippen LogP contribution < -0.4 is 9.64 Å². The second-order valence-electron chi connectivity index (χ2n) is 7.35. The van der Waals surface area contributed by atoms with Crippen LogP contribution in [0.1, 0.15) is 27.3 Å². The summed E-state index contributed by atoms with van der Waals surface area (Å²) in [6, 6.07) is 13.4. The molecule has 1 aliphatic heterocycles. The fraction of sp³-hybridized carbons (Fsp3) is 0.125. The molecule has 7 nitrogen and oxygen atoms in total. The number of anilines is 1. The van der Waals surface area contributed by atoms with Crippen LogP contribution in [0.2, 0.25) is 5.02 Å². The zero-order chi connectivity index (χ0) is 23.9. The van der Waals surface area contributed by atoms with Crippen molar-refractivity contribution in [3.05, 3.63) is 81.0 Å². The molecule has 1 fully saturated rings. The fourth-order valence-corrected chi connectivity index (χ4v) is 4.74. The number of carboxylic acids is 1. The summed E-state index contributed by atoms with van der Waals surface area (Å²) in [7, 11) is 1.54. The van der Waals surface area contributed by atoms with Crippen molar-refractivity contribution in [1.82, 2.24) is 4.57 Å². The number of nitrogens with zero attached hydrogens (tertiary/aromatic N) is 2. The molecular formula is C24H19ClN2O5S. The quantitative estimate of drug-likeness (QED) is 0.469. The Labute approximate surface area is 199 Å². The maximum atomic E-state index is 13.0. The standard InChI is InChI=1S/C24H19ClN2O5S/c1-13-10-15(14(2)26(13)17-6-9-20(25)19(12-17)23(29)30)11-21-22(28)27(24(31)33-21)16-4-7-18(32-3)8-5-16/h4-12H,1-3H3,(H,29,30)/b21-11+. The van der Waals surface area contributed by atoms with Crippen molar-refractivity contribution in [2.75, 3.05) is 12.0 Å². The lowest BCUT2D eigenvalue weighted by Gasteiger charge is -2.12. The minimum Gasteiger partial charge on any atom is -0.497 e. The molecular weight excluding hydrogens is 464 g/mol. The number of rotatable bonds is 5. The van der Waals surface area contributed by atoms with Crippen LogP contribution in [-0.2, 0) is 4.79 Å². The normalized spacial score (nSPS) is 14.9. The van der Waals surface area contributed by atoms with Gasteiger partial charge in [-0.25, -0.2) is 9.69 Å². The number of hydrogen-bond acceptors (Lipinski definition) is 5. The fourth-order valence-electron chi connectivity index (χ4n) is 3.71. The van der Waals surface area contributed by atoms with Crippen LogP contribution in [0.15, 0.2) is 53.4 Å². The second-order valence-corrected chi connectivity index (χ2v) is 8.75. The monoisotopic (exact) mass is 482 g/mol. The molecule has 0 aliphatic carbocycles. The first kappa shape index (κ1) is 22.7. The number of methoxy groups -OCH3 is 1. The SMILES string of the molecule is COc1ccc(N2C(=O)S/C(=C/c3cc(C)n(-c4ccc(Cl)c(C(=O)O)c4)c3C)C2=O)cc1. The lowest BCUT2D eigenvalue weighted by molar-refractivity contribution is -0.113.